The summed E-state index contributed by atoms with van der Waals surface area (Å²) in [6.07, 6.45) is 2.12. The van der Waals surface area contributed by atoms with Crippen molar-refractivity contribution in [3.05, 3.63) is 28.8 Å². The van der Waals surface area contributed by atoms with Gasteiger partial charge >= 0.3 is 5.97 Å². The molecule has 138 valence electrons. The smallest absolute Gasteiger partial charge is 0.337 e. The van der Waals surface area contributed by atoms with Gasteiger partial charge < -0.3 is 14.5 Å². The fourth-order valence-corrected chi connectivity index (χ4v) is 2.55. The van der Waals surface area contributed by atoms with Gasteiger partial charge in [0.05, 0.1) is 23.4 Å². The second-order valence-corrected chi connectivity index (χ2v) is 6.15. The van der Waals surface area contributed by atoms with Gasteiger partial charge in [-0.3, -0.25) is 9.59 Å². The number of carbonyl (C=O) groups excluding carboxylic acids is 3. The molecule has 0 aliphatic carbocycles. The van der Waals surface area contributed by atoms with E-state index >= 15 is 0 Å². The number of amides is 2. The van der Waals surface area contributed by atoms with Gasteiger partial charge in [-0.15, -0.1) is 0 Å². The van der Waals surface area contributed by atoms with E-state index in [0.29, 0.717) is 22.8 Å². The normalized spacial score (nSPS) is 10.3. The largest absolute Gasteiger partial charge is 0.465 e. The van der Waals surface area contributed by atoms with E-state index in [1.54, 1.807) is 11.9 Å². The molecule has 0 fully saturated rings. The molecule has 0 saturated carbocycles. The van der Waals surface area contributed by atoms with Gasteiger partial charge in [0.1, 0.15) is 0 Å². The lowest BCUT2D eigenvalue weighted by atomic mass is 10.1. The maximum absolute atomic E-state index is 12.2. The minimum atomic E-state index is -0.517. The van der Waals surface area contributed by atoms with Crippen molar-refractivity contribution in [3.63, 3.8) is 0 Å². The fourth-order valence-electron chi connectivity index (χ4n) is 2.33. The number of unbranched alkanes of at least 4 members (excludes halogenated alkanes) is 1. The van der Waals surface area contributed by atoms with E-state index in [9.17, 15) is 14.4 Å². The summed E-state index contributed by atoms with van der Waals surface area (Å²) < 4.78 is 4.69. The Labute approximate surface area is 153 Å². The Morgan fingerprint density at radius 3 is 2.44 bits per heavy atom. The lowest BCUT2D eigenvalue weighted by molar-refractivity contribution is -0.129. The number of methoxy groups -OCH3 is 1. The van der Waals surface area contributed by atoms with Crippen molar-refractivity contribution in [1.29, 1.82) is 0 Å². The molecule has 0 heterocycles. The molecular formula is C18H25ClN2O4. The summed E-state index contributed by atoms with van der Waals surface area (Å²) in [5.74, 6) is -0.815. The molecule has 7 heteroatoms. The Morgan fingerprint density at radius 1 is 1.20 bits per heavy atom. The zero-order valence-electron chi connectivity index (χ0n) is 15.2. The molecule has 0 spiro atoms. The van der Waals surface area contributed by atoms with Crippen LogP contribution in [0.3, 0.4) is 0 Å². The summed E-state index contributed by atoms with van der Waals surface area (Å²) in [5, 5.41) is 0.328. The summed E-state index contributed by atoms with van der Waals surface area (Å²) in [6.45, 7) is 4.33. The Kier molecular flexibility index (Phi) is 8.41. The van der Waals surface area contributed by atoms with Gasteiger partial charge in [-0.1, -0.05) is 24.9 Å². The number of anilines is 1. The van der Waals surface area contributed by atoms with Gasteiger partial charge in [-0.05, 0) is 24.6 Å². The molecular weight excluding hydrogens is 344 g/mol. The zero-order valence-corrected chi connectivity index (χ0v) is 15.9. The molecule has 25 heavy (non-hydrogen) atoms. The van der Waals surface area contributed by atoms with Gasteiger partial charge in [-0.2, -0.15) is 0 Å². The second kappa shape index (κ2) is 10.0. The summed E-state index contributed by atoms with van der Waals surface area (Å²) in [4.78, 5) is 39.0. The topological polar surface area (TPSA) is 66.9 Å². The number of hydrogen-bond donors (Lipinski definition) is 0. The van der Waals surface area contributed by atoms with Crippen LogP contribution in [0.25, 0.3) is 0 Å². The first-order chi connectivity index (χ1) is 11.8. The van der Waals surface area contributed by atoms with Gasteiger partial charge in [0.2, 0.25) is 11.8 Å². The number of hydrogen-bond acceptors (Lipinski definition) is 4. The lowest BCUT2D eigenvalue weighted by Crippen LogP contribution is -2.35. The summed E-state index contributed by atoms with van der Waals surface area (Å²) >= 11 is 6.19. The van der Waals surface area contributed by atoms with Crippen LogP contribution in [0.1, 0.15) is 43.5 Å². The number of carbonyl (C=O) groups is 3. The minimum Gasteiger partial charge on any atom is -0.465 e. The SMILES string of the molecule is CCCCN(C)C(=O)CCN(C(C)=O)c1cc(C(=O)OC)ccc1Cl. The number of rotatable bonds is 8. The Bertz CT molecular complexity index is 634. The highest BCUT2D eigenvalue weighted by Gasteiger charge is 2.19. The van der Waals surface area contributed by atoms with E-state index in [-0.39, 0.29) is 24.8 Å². The van der Waals surface area contributed by atoms with Crippen molar-refractivity contribution in [3.8, 4) is 0 Å². The van der Waals surface area contributed by atoms with Crippen LogP contribution in [0.4, 0.5) is 5.69 Å². The number of ether oxygens (including phenoxy) is 1. The number of benzene rings is 1. The maximum atomic E-state index is 12.2. The molecule has 0 aliphatic heterocycles. The molecule has 0 atom stereocenters. The number of halogens is 1. The number of esters is 1. The Balaban J connectivity index is 2.92. The first kappa shape index (κ1) is 21.0. The highest BCUT2D eigenvalue weighted by Crippen LogP contribution is 2.28. The van der Waals surface area contributed by atoms with Crippen LogP contribution in [0.2, 0.25) is 5.02 Å². The van der Waals surface area contributed by atoms with Crippen molar-refractivity contribution in [2.24, 2.45) is 0 Å². The van der Waals surface area contributed by atoms with E-state index in [1.807, 2.05) is 0 Å². The number of nitrogens with zero attached hydrogens (tertiary/aromatic N) is 2. The molecule has 6 nitrogen and oxygen atoms in total. The molecule has 0 N–H and O–H groups in total. The average molecular weight is 369 g/mol. The lowest BCUT2D eigenvalue weighted by Gasteiger charge is -2.24. The third-order valence-corrected chi connectivity index (χ3v) is 4.18. The predicted octanol–water partition coefficient (Wildman–Crippen LogP) is 3.13. The molecule has 0 bridgehead atoms. The van der Waals surface area contributed by atoms with E-state index in [0.717, 1.165) is 12.8 Å². The standard InChI is InChI=1S/C18H25ClN2O4/c1-5-6-10-20(3)17(23)9-11-21(13(2)22)16-12-14(18(24)25-4)7-8-15(16)19/h7-8,12H,5-6,9-11H2,1-4H3. The third kappa shape index (κ3) is 6.05. The summed E-state index contributed by atoms with van der Waals surface area (Å²) in [6, 6.07) is 4.56. The van der Waals surface area contributed by atoms with E-state index in [1.165, 1.54) is 37.1 Å². The van der Waals surface area contributed by atoms with Gasteiger partial charge in [-0.25, -0.2) is 4.79 Å². The van der Waals surface area contributed by atoms with E-state index in [4.69, 9.17) is 16.3 Å². The van der Waals surface area contributed by atoms with Crippen LogP contribution in [0.5, 0.6) is 0 Å². The molecule has 1 rings (SSSR count). The molecule has 0 radical (unpaired) electrons. The van der Waals surface area contributed by atoms with E-state index in [2.05, 4.69) is 6.92 Å². The molecule has 0 saturated heterocycles. The quantitative estimate of drug-likeness (QED) is 0.661. The van der Waals surface area contributed by atoms with Crippen LogP contribution in [-0.4, -0.2) is 49.9 Å². The van der Waals surface area contributed by atoms with Crippen molar-refractivity contribution in [2.75, 3.05) is 32.1 Å². The van der Waals surface area contributed by atoms with Gasteiger partial charge in [0.25, 0.3) is 0 Å². The van der Waals surface area contributed by atoms with Crippen molar-refractivity contribution < 1.29 is 19.1 Å². The zero-order chi connectivity index (χ0) is 19.0. The van der Waals surface area contributed by atoms with Crippen LogP contribution in [0.15, 0.2) is 18.2 Å². The van der Waals surface area contributed by atoms with Crippen LogP contribution in [-0.2, 0) is 14.3 Å². The van der Waals surface area contributed by atoms with Crippen molar-refractivity contribution >= 4 is 35.1 Å². The average Bonchev–Trinajstić information content (AvgIpc) is 2.59. The maximum Gasteiger partial charge on any atom is 0.337 e. The van der Waals surface area contributed by atoms with Crippen molar-refractivity contribution in [2.45, 2.75) is 33.1 Å². The molecule has 0 aromatic heterocycles. The fraction of sp³-hybridized carbons (Fsp3) is 0.500. The molecule has 2 amide bonds. The van der Waals surface area contributed by atoms with E-state index < -0.39 is 5.97 Å². The van der Waals surface area contributed by atoms with Crippen LogP contribution in [0, 0.1) is 0 Å². The highest BCUT2D eigenvalue weighted by molar-refractivity contribution is 6.34. The van der Waals surface area contributed by atoms with Gasteiger partial charge in [0.15, 0.2) is 0 Å². The second-order valence-electron chi connectivity index (χ2n) is 5.75. The Morgan fingerprint density at radius 2 is 1.88 bits per heavy atom. The third-order valence-electron chi connectivity index (χ3n) is 3.86. The first-order valence-corrected chi connectivity index (χ1v) is 8.59. The monoisotopic (exact) mass is 368 g/mol. The van der Waals surface area contributed by atoms with Gasteiger partial charge in [0, 0.05) is 33.5 Å². The molecule has 0 unspecified atom stereocenters. The summed E-state index contributed by atoms with van der Waals surface area (Å²) in [7, 11) is 3.03. The van der Waals surface area contributed by atoms with Crippen LogP contribution < -0.4 is 4.90 Å². The molecule has 0 aliphatic rings. The first-order valence-electron chi connectivity index (χ1n) is 8.21. The molecule has 1 aromatic rings. The van der Waals surface area contributed by atoms with Crippen molar-refractivity contribution in [1.82, 2.24) is 4.90 Å². The van der Waals surface area contributed by atoms with Crippen LogP contribution >= 0.6 is 11.6 Å². The summed E-state index contributed by atoms with van der Waals surface area (Å²) in [5.41, 5.74) is 0.681. The Hall–Kier alpha value is -2.08. The highest BCUT2D eigenvalue weighted by atomic mass is 35.5. The predicted molar refractivity (Wildman–Crippen MR) is 98.0 cm³/mol. The minimum absolute atomic E-state index is 0.0417. The molecule has 1 aromatic carbocycles.